The Labute approximate surface area is 219 Å². The van der Waals surface area contributed by atoms with Gasteiger partial charge in [0, 0.05) is 22.7 Å². The molecule has 10 heteroatoms. The number of halogens is 3. The fourth-order valence-corrected chi connectivity index (χ4v) is 4.80. The Bertz CT molecular complexity index is 1360. The first-order chi connectivity index (χ1) is 16.3. The summed E-state index contributed by atoms with van der Waals surface area (Å²) >= 11 is 14.4. The monoisotopic (exact) mass is 612 g/mol. The van der Waals surface area contributed by atoms with Crippen molar-refractivity contribution in [1.29, 1.82) is 0 Å². The van der Waals surface area contributed by atoms with E-state index in [4.69, 9.17) is 42.2 Å². The minimum Gasteiger partial charge on any atom is -0.479 e. The maximum absolute atomic E-state index is 11.3. The zero-order valence-corrected chi connectivity index (χ0v) is 21.8. The Hall–Kier alpha value is -2.56. The molecule has 0 saturated heterocycles. The van der Waals surface area contributed by atoms with Gasteiger partial charge in [0.1, 0.15) is 11.4 Å². The van der Waals surface area contributed by atoms with E-state index >= 15 is 0 Å². The van der Waals surface area contributed by atoms with Gasteiger partial charge < -0.3 is 19.1 Å². The van der Waals surface area contributed by atoms with Crippen molar-refractivity contribution in [1.82, 2.24) is 10.1 Å². The Balaban J connectivity index is 1.78. The van der Waals surface area contributed by atoms with Crippen LogP contribution in [0.15, 0.2) is 47.0 Å². The van der Waals surface area contributed by atoms with Crippen LogP contribution in [0.25, 0.3) is 22.2 Å². The number of carboxylic acids is 1. The maximum atomic E-state index is 11.3. The molecule has 4 rings (SSSR count). The van der Waals surface area contributed by atoms with E-state index in [1.165, 1.54) is 6.92 Å². The molecule has 0 saturated carbocycles. The number of carboxylic acid groups (broad SMARTS) is 1. The van der Waals surface area contributed by atoms with Gasteiger partial charge in [0.15, 0.2) is 17.4 Å². The lowest BCUT2D eigenvalue weighted by molar-refractivity contribution is -0.144. The van der Waals surface area contributed by atoms with Crippen LogP contribution in [-0.2, 0) is 11.2 Å². The summed E-state index contributed by atoms with van der Waals surface area (Å²) in [5, 5.41) is 15.1. The van der Waals surface area contributed by atoms with Crippen molar-refractivity contribution in [3.63, 3.8) is 0 Å². The molecule has 4 aromatic rings. The number of fused-ring (bicyclic) bond motifs is 1. The van der Waals surface area contributed by atoms with E-state index in [1.54, 1.807) is 36.4 Å². The molecule has 0 spiro atoms. The molecule has 0 bridgehead atoms. The fourth-order valence-electron chi connectivity index (χ4n) is 3.34. The number of aryl methyl sites for hydroxylation is 1. The zero-order valence-electron chi connectivity index (χ0n) is 18.1. The molecule has 2 heterocycles. The van der Waals surface area contributed by atoms with E-state index in [2.05, 4.69) is 34.7 Å². The summed E-state index contributed by atoms with van der Waals surface area (Å²) < 4.78 is 17.7. The molecule has 34 heavy (non-hydrogen) atoms. The number of aliphatic carboxylic acids is 1. The van der Waals surface area contributed by atoms with Crippen LogP contribution in [0.5, 0.6) is 17.4 Å². The third-order valence-corrected chi connectivity index (χ3v) is 6.54. The Morgan fingerprint density at radius 3 is 2.62 bits per heavy atom. The van der Waals surface area contributed by atoms with Crippen LogP contribution in [0, 0.1) is 3.57 Å². The SMILES string of the molecule is CCCc1nc(Oc2ccc(Cl)cc2)ccc1-c1noc2cc(Cl)c(O[C@@H](C)C(=O)O)c(I)c12. The Morgan fingerprint density at radius 1 is 1.21 bits per heavy atom. The van der Waals surface area contributed by atoms with E-state index in [1.807, 2.05) is 6.07 Å². The van der Waals surface area contributed by atoms with Gasteiger partial charge in [0.2, 0.25) is 5.88 Å². The number of nitrogens with zero attached hydrogens (tertiary/aromatic N) is 2. The minimum atomic E-state index is -1.09. The van der Waals surface area contributed by atoms with Gasteiger partial charge in [-0.3, -0.25) is 0 Å². The first kappa shape index (κ1) is 24.6. The molecule has 1 N–H and O–H groups in total. The van der Waals surface area contributed by atoms with Crippen LogP contribution in [0.4, 0.5) is 0 Å². The Kier molecular flexibility index (Phi) is 7.49. The van der Waals surface area contributed by atoms with Gasteiger partial charge in [0.25, 0.3) is 0 Å². The first-order valence-corrected chi connectivity index (χ1v) is 12.2. The second kappa shape index (κ2) is 10.4. The van der Waals surface area contributed by atoms with Crippen LogP contribution in [0.3, 0.4) is 0 Å². The average Bonchev–Trinajstić information content (AvgIpc) is 3.22. The summed E-state index contributed by atoms with van der Waals surface area (Å²) in [5.74, 6) is 0.238. The molecule has 0 amide bonds. The topological polar surface area (TPSA) is 94.7 Å². The number of carbonyl (C=O) groups is 1. The summed E-state index contributed by atoms with van der Waals surface area (Å²) in [6.45, 7) is 3.50. The lowest BCUT2D eigenvalue weighted by Gasteiger charge is -2.14. The van der Waals surface area contributed by atoms with E-state index < -0.39 is 12.1 Å². The normalized spacial score (nSPS) is 12.0. The van der Waals surface area contributed by atoms with Crippen molar-refractivity contribution >= 4 is 62.7 Å². The van der Waals surface area contributed by atoms with E-state index in [0.29, 0.717) is 43.3 Å². The zero-order chi connectivity index (χ0) is 24.4. The van der Waals surface area contributed by atoms with E-state index in [9.17, 15) is 9.90 Å². The van der Waals surface area contributed by atoms with Crippen molar-refractivity contribution in [3.05, 3.63) is 61.8 Å². The first-order valence-electron chi connectivity index (χ1n) is 10.4. The van der Waals surface area contributed by atoms with Crippen molar-refractivity contribution in [2.45, 2.75) is 32.8 Å². The second-order valence-electron chi connectivity index (χ2n) is 7.45. The highest BCUT2D eigenvalue weighted by Crippen LogP contribution is 2.42. The molecule has 1 atom stereocenters. The van der Waals surface area contributed by atoms with Gasteiger partial charge >= 0.3 is 5.97 Å². The number of pyridine rings is 1. The number of hydrogen-bond acceptors (Lipinski definition) is 6. The number of benzene rings is 2. The lowest BCUT2D eigenvalue weighted by atomic mass is 10.0. The molecule has 7 nitrogen and oxygen atoms in total. The highest BCUT2D eigenvalue weighted by atomic mass is 127. The molecule has 2 aromatic carbocycles. The highest BCUT2D eigenvalue weighted by molar-refractivity contribution is 14.1. The maximum Gasteiger partial charge on any atom is 0.344 e. The predicted octanol–water partition coefficient (Wildman–Crippen LogP) is 7.40. The molecule has 0 aliphatic rings. The summed E-state index contributed by atoms with van der Waals surface area (Å²) in [6, 6.07) is 12.3. The largest absolute Gasteiger partial charge is 0.479 e. The number of rotatable bonds is 8. The number of aromatic nitrogens is 2. The van der Waals surface area contributed by atoms with Gasteiger partial charge in [0.05, 0.1) is 19.7 Å². The van der Waals surface area contributed by atoms with Gasteiger partial charge in [-0.2, -0.15) is 0 Å². The smallest absolute Gasteiger partial charge is 0.344 e. The third kappa shape index (κ3) is 5.08. The quantitative estimate of drug-likeness (QED) is 0.207. The number of hydrogen-bond donors (Lipinski definition) is 1. The average molecular weight is 613 g/mol. The molecular formula is C24H19Cl2IN2O5. The highest BCUT2D eigenvalue weighted by Gasteiger charge is 2.24. The van der Waals surface area contributed by atoms with Crippen LogP contribution < -0.4 is 9.47 Å². The lowest BCUT2D eigenvalue weighted by Crippen LogP contribution is -2.23. The molecule has 0 radical (unpaired) electrons. The van der Waals surface area contributed by atoms with Gasteiger partial charge in [-0.25, -0.2) is 9.78 Å². The fraction of sp³-hybridized carbons (Fsp3) is 0.208. The second-order valence-corrected chi connectivity index (χ2v) is 9.38. The van der Waals surface area contributed by atoms with Crippen LogP contribution >= 0.6 is 45.8 Å². The van der Waals surface area contributed by atoms with E-state index in [0.717, 1.165) is 17.7 Å². The summed E-state index contributed by atoms with van der Waals surface area (Å²) in [5.41, 5.74) is 2.60. The molecular weight excluding hydrogens is 594 g/mol. The summed E-state index contributed by atoms with van der Waals surface area (Å²) in [6.07, 6.45) is 0.465. The van der Waals surface area contributed by atoms with Crippen LogP contribution in [0.1, 0.15) is 26.0 Å². The minimum absolute atomic E-state index is 0.242. The molecule has 2 aromatic heterocycles. The number of ether oxygens (including phenoxy) is 2. The van der Waals surface area contributed by atoms with Crippen molar-refractivity contribution in [2.24, 2.45) is 0 Å². The summed E-state index contributed by atoms with van der Waals surface area (Å²) in [4.78, 5) is 16.0. The van der Waals surface area contributed by atoms with Gasteiger partial charge in [-0.15, -0.1) is 0 Å². The van der Waals surface area contributed by atoms with Gasteiger partial charge in [-0.1, -0.05) is 41.7 Å². The molecule has 0 unspecified atom stereocenters. The molecule has 0 aliphatic heterocycles. The van der Waals surface area contributed by atoms with Crippen LogP contribution in [0.2, 0.25) is 10.0 Å². The van der Waals surface area contributed by atoms with Crippen molar-refractivity contribution in [3.8, 4) is 28.6 Å². The molecule has 0 aliphatic carbocycles. The van der Waals surface area contributed by atoms with Crippen molar-refractivity contribution in [2.75, 3.05) is 0 Å². The van der Waals surface area contributed by atoms with Gasteiger partial charge in [-0.05, 0) is 66.3 Å². The Morgan fingerprint density at radius 2 is 1.94 bits per heavy atom. The molecule has 0 fully saturated rings. The summed E-state index contributed by atoms with van der Waals surface area (Å²) in [7, 11) is 0. The standard InChI is InChI=1S/C24H19Cl2IN2O5/c1-3-4-17-15(9-10-19(28-17)33-14-7-5-13(25)6-8-14)22-20-18(34-29-22)11-16(26)23(21(20)27)32-12(2)24(30)31/h5-12H,3-4H2,1-2H3,(H,30,31)/t12-/m0/s1. The molecule has 176 valence electrons. The van der Waals surface area contributed by atoms with Crippen LogP contribution in [-0.4, -0.2) is 27.3 Å². The third-order valence-electron chi connectivity index (χ3n) is 4.98. The van der Waals surface area contributed by atoms with E-state index in [-0.39, 0.29) is 10.8 Å². The predicted molar refractivity (Wildman–Crippen MR) is 138 cm³/mol. The van der Waals surface area contributed by atoms with Crippen molar-refractivity contribution < 1.29 is 23.9 Å².